The highest BCUT2D eigenvalue weighted by molar-refractivity contribution is 7.12. The lowest BCUT2D eigenvalue weighted by atomic mass is 10.0. The van der Waals surface area contributed by atoms with Gasteiger partial charge in [0.05, 0.1) is 16.3 Å². The van der Waals surface area contributed by atoms with Gasteiger partial charge >= 0.3 is 0 Å². The van der Waals surface area contributed by atoms with Crippen LogP contribution in [0.1, 0.15) is 43.7 Å². The second-order valence-electron chi connectivity index (χ2n) is 10.0. The number of benzene rings is 2. The number of nitrogens with one attached hydrogen (secondary N) is 1. The van der Waals surface area contributed by atoms with Crippen LogP contribution in [0, 0.1) is 6.92 Å². The number of hydrogen-bond donors (Lipinski definition) is 2. The van der Waals surface area contributed by atoms with Crippen LogP contribution in [0.5, 0.6) is 0 Å². The quantitative estimate of drug-likeness (QED) is 0.259. The average molecular weight is 533 g/mol. The van der Waals surface area contributed by atoms with E-state index >= 15 is 0 Å². The molecule has 8 heteroatoms. The number of anilines is 4. The number of nitrogens with zero attached hydrogens (tertiary/aromatic N) is 4. The normalized spacial score (nSPS) is 13.5. The topological polar surface area (TPSA) is 69.8 Å². The van der Waals surface area contributed by atoms with Crippen molar-refractivity contribution in [3.63, 3.8) is 0 Å². The van der Waals surface area contributed by atoms with Crippen LogP contribution >= 0.6 is 22.9 Å². The van der Waals surface area contributed by atoms with Crippen molar-refractivity contribution in [3.05, 3.63) is 75.1 Å². The van der Waals surface area contributed by atoms with Gasteiger partial charge < -0.3 is 16.0 Å². The van der Waals surface area contributed by atoms with E-state index < -0.39 is 0 Å². The number of halogens is 1. The second-order valence-corrected chi connectivity index (χ2v) is 11.3. The zero-order valence-corrected chi connectivity index (χ0v) is 23.5. The first-order valence-electron chi connectivity index (χ1n) is 12.6. The molecule has 5 rings (SSSR count). The molecule has 0 fully saturated rings. The van der Waals surface area contributed by atoms with E-state index in [0.29, 0.717) is 24.6 Å². The van der Waals surface area contributed by atoms with Gasteiger partial charge in [0.2, 0.25) is 0 Å². The zero-order valence-electron chi connectivity index (χ0n) is 21.9. The number of nitrogens with two attached hydrogens (primary N) is 1. The summed E-state index contributed by atoms with van der Waals surface area (Å²) in [5, 5.41) is 8.57. The van der Waals surface area contributed by atoms with E-state index in [2.05, 4.69) is 90.4 Å². The number of hydrogen-bond acceptors (Lipinski definition) is 7. The van der Waals surface area contributed by atoms with E-state index in [1.54, 1.807) is 11.3 Å². The van der Waals surface area contributed by atoms with Gasteiger partial charge in [-0.2, -0.15) is 0 Å². The lowest BCUT2D eigenvalue weighted by Gasteiger charge is -2.31. The third kappa shape index (κ3) is 4.91. The van der Waals surface area contributed by atoms with E-state index in [1.165, 1.54) is 5.56 Å². The number of fused-ring (bicyclic) bond motifs is 2. The summed E-state index contributed by atoms with van der Waals surface area (Å²) in [5.74, 6) is 1.41. The van der Waals surface area contributed by atoms with Crippen molar-refractivity contribution >= 4 is 62.4 Å². The second kappa shape index (κ2) is 10.3. The third-order valence-electron chi connectivity index (χ3n) is 6.93. The van der Waals surface area contributed by atoms with E-state index in [0.717, 1.165) is 55.7 Å². The highest BCUT2D eigenvalue weighted by atomic mass is 35.5. The molecule has 0 amide bonds. The maximum Gasteiger partial charge on any atom is 0.139 e. The first-order valence-corrected chi connectivity index (χ1v) is 13.8. The van der Waals surface area contributed by atoms with Crippen molar-refractivity contribution in [1.82, 2.24) is 9.88 Å². The fourth-order valence-electron chi connectivity index (χ4n) is 5.07. The van der Waals surface area contributed by atoms with Crippen LogP contribution in [0.3, 0.4) is 0 Å². The molecule has 1 aliphatic heterocycles. The molecule has 37 heavy (non-hydrogen) atoms. The molecule has 6 nitrogen and oxygen atoms in total. The number of aryl methyl sites for hydroxylation is 1. The lowest BCUT2D eigenvalue weighted by molar-refractivity contribution is 0.166. The van der Waals surface area contributed by atoms with Crippen LogP contribution in [0.25, 0.3) is 10.8 Å². The summed E-state index contributed by atoms with van der Waals surface area (Å²) in [6.07, 6.45) is 1.86. The van der Waals surface area contributed by atoms with Gasteiger partial charge in [0.25, 0.3) is 0 Å². The van der Waals surface area contributed by atoms with Gasteiger partial charge in [-0.05, 0) is 81.5 Å². The highest BCUT2D eigenvalue weighted by Gasteiger charge is 2.24. The summed E-state index contributed by atoms with van der Waals surface area (Å²) < 4.78 is 0. The molecular weight excluding hydrogens is 500 g/mol. The molecule has 3 N–H and O–H groups in total. The van der Waals surface area contributed by atoms with E-state index in [1.807, 2.05) is 18.3 Å². The molecule has 0 saturated carbocycles. The van der Waals surface area contributed by atoms with Crippen LogP contribution in [0.4, 0.5) is 22.9 Å². The van der Waals surface area contributed by atoms with Crippen molar-refractivity contribution < 1.29 is 0 Å². The first kappa shape index (κ1) is 25.5. The molecule has 0 radical (unpaired) electrons. The van der Waals surface area contributed by atoms with Crippen LogP contribution < -0.4 is 16.0 Å². The number of amidine groups is 1. The molecule has 0 atom stereocenters. The summed E-state index contributed by atoms with van der Waals surface area (Å²) in [6.45, 7) is 12.3. The van der Waals surface area contributed by atoms with Gasteiger partial charge in [-0.15, -0.1) is 11.3 Å². The largest absolute Gasteiger partial charge is 0.383 e. The maximum atomic E-state index is 6.62. The van der Waals surface area contributed by atoms with Crippen molar-refractivity contribution in [1.29, 1.82) is 0 Å². The van der Waals surface area contributed by atoms with Gasteiger partial charge in [-0.3, -0.25) is 4.90 Å². The average Bonchev–Trinajstić information content (AvgIpc) is 3.36. The molecule has 4 aromatic rings. The van der Waals surface area contributed by atoms with Crippen LogP contribution in [0.15, 0.2) is 59.0 Å². The van der Waals surface area contributed by atoms with Crippen molar-refractivity contribution in [2.45, 2.75) is 53.2 Å². The Morgan fingerprint density at radius 1 is 1.08 bits per heavy atom. The Bertz CT molecular complexity index is 1470. The maximum absolute atomic E-state index is 6.62. The van der Waals surface area contributed by atoms with Crippen LogP contribution in [0.2, 0.25) is 5.02 Å². The number of pyridine rings is 1. The number of aliphatic imine (C=N–C) groups is 1. The number of rotatable bonds is 7. The summed E-state index contributed by atoms with van der Waals surface area (Å²) in [5.41, 5.74) is 11.6. The molecule has 2 aromatic heterocycles. The molecule has 1 aliphatic rings. The Balaban J connectivity index is 1.52. The van der Waals surface area contributed by atoms with Gasteiger partial charge in [-0.25, -0.2) is 9.98 Å². The standard InChI is InChI=1S/C29H33ClN6S/c1-17(2)35(18(3)4)15-20-14-21(7-9-24(20)30)34-29-23-8-6-19(5)26(22(23)10-12-32-29)36-16-33-28(31)27-25(36)11-13-37-27/h6-14,17-18H,15-16H2,1-5H3,(H2,31,33)(H,32,34). The Labute approximate surface area is 227 Å². The minimum atomic E-state index is 0.423. The number of aromatic nitrogens is 1. The molecule has 0 bridgehead atoms. The summed E-state index contributed by atoms with van der Waals surface area (Å²) >= 11 is 8.24. The predicted molar refractivity (Wildman–Crippen MR) is 159 cm³/mol. The summed E-state index contributed by atoms with van der Waals surface area (Å²) in [7, 11) is 0. The molecule has 192 valence electrons. The molecular formula is C29H33ClN6S. The molecule has 2 aromatic carbocycles. The van der Waals surface area contributed by atoms with Crippen molar-refractivity contribution in [3.8, 4) is 0 Å². The Kier molecular flexibility index (Phi) is 7.12. The van der Waals surface area contributed by atoms with Crippen LogP contribution in [-0.4, -0.2) is 34.5 Å². The fourth-order valence-corrected chi connectivity index (χ4v) is 6.06. The summed E-state index contributed by atoms with van der Waals surface area (Å²) in [4.78, 5) is 15.0. The molecule has 0 unspecified atom stereocenters. The van der Waals surface area contributed by atoms with E-state index in [-0.39, 0.29) is 0 Å². The monoisotopic (exact) mass is 532 g/mol. The third-order valence-corrected chi connectivity index (χ3v) is 8.22. The molecule has 0 spiro atoms. The van der Waals surface area contributed by atoms with Gasteiger partial charge in [0.15, 0.2) is 0 Å². The minimum absolute atomic E-state index is 0.423. The zero-order chi connectivity index (χ0) is 26.3. The molecule has 3 heterocycles. The van der Waals surface area contributed by atoms with E-state index in [9.17, 15) is 0 Å². The predicted octanol–water partition coefficient (Wildman–Crippen LogP) is 7.44. The van der Waals surface area contributed by atoms with Gasteiger partial charge in [0.1, 0.15) is 18.3 Å². The van der Waals surface area contributed by atoms with E-state index in [4.69, 9.17) is 22.3 Å². The Hall–Kier alpha value is -3.13. The van der Waals surface area contributed by atoms with Crippen molar-refractivity contribution in [2.75, 3.05) is 16.9 Å². The molecule has 0 saturated heterocycles. The Morgan fingerprint density at radius 3 is 2.62 bits per heavy atom. The smallest absolute Gasteiger partial charge is 0.139 e. The van der Waals surface area contributed by atoms with Gasteiger partial charge in [-0.1, -0.05) is 23.7 Å². The lowest BCUT2D eigenvalue weighted by Crippen LogP contribution is -2.36. The highest BCUT2D eigenvalue weighted by Crippen LogP contribution is 2.41. The SMILES string of the molecule is Cc1ccc2c(Nc3ccc(Cl)c(CN(C(C)C)C(C)C)c3)nccc2c1N1CN=C(N)c2sccc21. The van der Waals surface area contributed by atoms with Crippen LogP contribution in [-0.2, 0) is 6.54 Å². The minimum Gasteiger partial charge on any atom is -0.383 e. The molecule has 0 aliphatic carbocycles. The van der Waals surface area contributed by atoms with Gasteiger partial charge in [0, 0.05) is 46.3 Å². The number of thiophene rings is 1. The Morgan fingerprint density at radius 2 is 1.86 bits per heavy atom. The first-order chi connectivity index (χ1) is 17.7. The summed E-state index contributed by atoms with van der Waals surface area (Å²) in [6, 6.07) is 15.4. The fraction of sp³-hybridized carbons (Fsp3) is 0.310. The van der Waals surface area contributed by atoms with Crippen molar-refractivity contribution in [2.24, 2.45) is 10.7 Å².